The van der Waals surface area contributed by atoms with Crippen LogP contribution in [-0.2, 0) is 6.54 Å². The van der Waals surface area contributed by atoms with E-state index >= 15 is 0 Å². The van der Waals surface area contributed by atoms with Gasteiger partial charge in [-0.25, -0.2) is 0 Å². The van der Waals surface area contributed by atoms with Crippen molar-refractivity contribution < 1.29 is 4.79 Å². The van der Waals surface area contributed by atoms with Gasteiger partial charge >= 0.3 is 0 Å². The van der Waals surface area contributed by atoms with E-state index in [9.17, 15) is 4.79 Å². The summed E-state index contributed by atoms with van der Waals surface area (Å²) < 4.78 is 0. The van der Waals surface area contributed by atoms with Crippen molar-refractivity contribution in [1.82, 2.24) is 0 Å². The van der Waals surface area contributed by atoms with Crippen LogP contribution in [0.1, 0.15) is 22.3 Å². The highest BCUT2D eigenvalue weighted by Gasteiger charge is 2.23. The number of carbonyl (C=O) groups excluding carboxylic acids is 1. The highest BCUT2D eigenvalue weighted by atomic mass is 35.5. The molecule has 0 atom stereocenters. The van der Waals surface area contributed by atoms with E-state index in [1.165, 1.54) is 0 Å². The molecule has 0 N–H and O–H groups in total. The molecular formula is C16H13Cl2NO. The zero-order valence-corrected chi connectivity index (χ0v) is 12.3. The number of nitrogens with zero attached hydrogens (tertiary/aromatic N) is 1. The maximum atomic E-state index is 11.9. The van der Waals surface area contributed by atoms with Crippen molar-refractivity contribution in [1.29, 1.82) is 0 Å². The first-order chi connectivity index (χ1) is 9.66. The van der Waals surface area contributed by atoms with E-state index in [0.717, 1.165) is 16.8 Å². The number of hydrogen-bond acceptors (Lipinski definition) is 2. The van der Waals surface area contributed by atoms with Gasteiger partial charge in [0.2, 0.25) is 0 Å². The van der Waals surface area contributed by atoms with Crippen molar-refractivity contribution in [3.63, 3.8) is 0 Å². The van der Waals surface area contributed by atoms with Gasteiger partial charge in [-0.15, -0.1) is 0 Å². The second kappa shape index (κ2) is 5.47. The average molecular weight is 306 g/mol. The number of halogens is 2. The minimum atomic E-state index is 0.203. The lowest BCUT2D eigenvalue weighted by molar-refractivity contribution is 0.0979. The normalized spacial score (nSPS) is 14.3. The van der Waals surface area contributed by atoms with E-state index in [1.807, 2.05) is 36.4 Å². The zero-order valence-electron chi connectivity index (χ0n) is 10.8. The predicted octanol–water partition coefficient (Wildman–Crippen LogP) is 4.59. The van der Waals surface area contributed by atoms with Crippen molar-refractivity contribution in [3.05, 3.63) is 63.6 Å². The molecule has 1 aliphatic rings. The molecule has 0 saturated heterocycles. The van der Waals surface area contributed by atoms with Crippen LogP contribution >= 0.6 is 23.2 Å². The molecule has 102 valence electrons. The molecule has 1 aliphatic heterocycles. The van der Waals surface area contributed by atoms with E-state index in [1.54, 1.807) is 6.07 Å². The molecular weight excluding hydrogens is 293 g/mol. The largest absolute Gasteiger partial charge is 0.366 e. The average Bonchev–Trinajstić information content (AvgIpc) is 2.47. The number of benzene rings is 2. The molecule has 2 aromatic carbocycles. The van der Waals surface area contributed by atoms with Gasteiger partial charge in [0.25, 0.3) is 0 Å². The fraction of sp³-hybridized carbons (Fsp3) is 0.188. The standard InChI is InChI=1S/C16H13Cl2NO/c17-13-6-3-4-11(16(13)18)10-19-9-8-15(20)12-5-1-2-7-14(12)19/h1-7H,8-10H2. The zero-order chi connectivity index (χ0) is 14.1. The molecule has 2 aromatic rings. The Balaban J connectivity index is 1.95. The first-order valence-electron chi connectivity index (χ1n) is 6.47. The van der Waals surface area contributed by atoms with Gasteiger partial charge in [0.15, 0.2) is 5.78 Å². The van der Waals surface area contributed by atoms with E-state index in [0.29, 0.717) is 29.6 Å². The number of ketones is 1. The van der Waals surface area contributed by atoms with Crippen molar-refractivity contribution in [2.24, 2.45) is 0 Å². The fourth-order valence-electron chi connectivity index (χ4n) is 2.52. The second-order valence-electron chi connectivity index (χ2n) is 4.82. The fourth-order valence-corrected chi connectivity index (χ4v) is 2.90. The van der Waals surface area contributed by atoms with Crippen molar-refractivity contribution in [3.8, 4) is 0 Å². The highest BCUT2D eigenvalue weighted by Crippen LogP contribution is 2.31. The molecule has 0 fully saturated rings. The third-order valence-electron chi connectivity index (χ3n) is 3.55. The van der Waals surface area contributed by atoms with Gasteiger partial charge in [0.05, 0.1) is 10.0 Å². The molecule has 1 heterocycles. The third kappa shape index (κ3) is 2.41. The Morgan fingerprint density at radius 2 is 1.85 bits per heavy atom. The lowest BCUT2D eigenvalue weighted by Gasteiger charge is -2.30. The highest BCUT2D eigenvalue weighted by molar-refractivity contribution is 6.42. The Hall–Kier alpha value is -1.51. The molecule has 0 unspecified atom stereocenters. The number of Topliss-reactive ketones (excluding diaryl/α,β-unsaturated/α-hetero) is 1. The summed E-state index contributed by atoms with van der Waals surface area (Å²) in [6, 6.07) is 13.3. The predicted molar refractivity (Wildman–Crippen MR) is 82.9 cm³/mol. The summed E-state index contributed by atoms with van der Waals surface area (Å²) in [6.45, 7) is 1.36. The van der Waals surface area contributed by atoms with Gasteiger partial charge < -0.3 is 4.90 Å². The van der Waals surface area contributed by atoms with Crippen LogP contribution in [0.15, 0.2) is 42.5 Å². The third-order valence-corrected chi connectivity index (χ3v) is 4.40. The minimum absolute atomic E-state index is 0.203. The first-order valence-corrected chi connectivity index (χ1v) is 7.22. The Morgan fingerprint density at radius 1 is 1.05 bits per heavy atom. The number of hydrogen-bond donors (Lipinski definition) is 0. The van der Waals surface area contributed by atoms with Gasteiger partial charge in [0.1, 0.15) is 0 Å². The Bertz CT molecular complexity index is 669. The van der Waals surface area contributed by atoms with Crippen LogP contribution in [0.5, 0.6) is 0 Å². The van der Waals surface area contributed by atoms with Crippen molar-refractivity contribution in [2.75, 3.05) is 11.4 Å². The lowest BCUT2D eigenvalue weighted by atomic mass is 10.00. The van der Waals surface area contributed by atoms with Crippen molar-refractivity contribution >= 4 is 34.7 Å². The maximum Gasteiger partial charge on any atom is 0.166 e. The summed E-state index contributed by atoms with van der Waals surface area (Å²) in [4.78, 5) is 14.1. The Kier molecular flexibility index (Phi) is 3.68. The molecule has 0 bridgehead atoms. The topological polar surface area (TPSA) is 20.3 Å². The van der Waals surface area contributed by atoms with Crippen LogP contribution in [-0.4, -0.2) is 12.3 Å². The monoisotopic (exact) mass is 305 g/mol. The molecule has 0 spiro atoms. The molecule has 0 radical (unpaired) electrons. The lowest BCUT2D eigenvalue weighted by Crippen LogP contribution is -2.31. The van der Waals surface area contributed by atoms with Crippen LogP contribution in [0.25, 0.3) is 0 Å². The van der Waals surface area contributed by atoms with Crippen LogP contribution in [0, 0.1) is 0 Å². The summed E-state index contributed by atoms with van der Waals surface area (Å²) in [5.74, 6) is 0.203. The van der Waals surface area contributed by atoms with Crippen molar-refractivity contribution in [2.45, 2.75) is 13.0 Å². The molecule has 3 rings (SSSR count). The molecule has 0 amide bonds. The Morgan fingerprint density at radius 3 is 2.70 bits per heavy atom. The van der Waals surface area contributed by atoms with E-state index in [2.05, 4.69) is 4.90 Å². The molecule has 20 heavy (non-hydrogen) atoms. The summed E-state index contributed by atoms with van der Waals surface area (Å²) in [5, 5.41) is 1.15. The summed E-state index contributed by atoms with van der Waals surface area (Å²) >= 11 is 12.3. The number of rotatable bonds is 2. The molecule has 0 aromatic heterocycles. The first kappa shape index (κ1) is 13.5. The maximum absolute atomic E-state index is 11.9. The van der Waals surface area contributed by atoms with Crippen LogP contribution in [0.3, 0.4) is 0 Å². The summed E-state index contributed by atoms with van der Waals surface area (Å²) in [7, 11) is 0. The van der Waals surface area contributed by atoms with E-state index in [-0.39, 0.29) is 5.78 Å². The molecule has 2 nitrogen and oxygen atoms in total. The molecule has 0 aliphatic carbocycles. The van der Waals surface area contributed by atoms with Gasteiger partial charge in [-0.05, 0) is 23.8 Å². The van der Waals surface area contributed by atoms with E-state index in [4.69, 9.17) is 23.2 Å². The molecule has 0 saturated carbocycles. The van der Waals surface area contributed by atoms with E-state index < -0.39 is 0 Å². The molecule has 4 heteroatoms. The summed E-state index contributed by atoms with van der Waals surface area (Å²) in [5.41, 5.74) is 2.74. The van der Waals surface area contributed by atoms with Gasteiger partial charge in [-0.1, -0.05) is 47.5 Å². The van der Waals surface area contributed by atoms with Gasteiger partial charge in [-0.3, -0.25) is 4.79 Å². The van der Waals surface area contributed by atoms with Gasteiger partial charge in [-0.2, -0.15) is 0 Å². The Labute approximate surface area is 127 Å². The quantitative estimate of drug-likeness (QED) is 0.809. The summed E-state index contributed by atoms with van der Waals surface area (Å²) in [6.07, 6.45) is 0.537. The number of para-hydroxylation sites is 1. The number of carbonyl (C=O) groups is 1. The second-order valence-corrected chi connectivity index (χ2v) is 5.61. The number of fused-ring (bicyclic) bond motifs is 1. The van der Waals surface area contributed by atoms with Crippen LogP contribution in [0.2, 0.25) is 10.0 Å². The van der Waals surface area contributed by atoms with Gasteiger partial charge in [0, 0.05) is 30.8 Å². The SMILES string of the molecule is O=C1CCN(Cc2cccc(Cl)c2Cl)c2ccccc21. The van der Waals surface area contributed by atoms with Crippen LogP contribution in [0.4, 0.5) is 5.69 Å². The van der Waals surface area contributed by atoms with Crippen LogP contribution < -0.4 is 4.90 Å². The minimum Gasteiger partial charge on any atom is -0.366 e. The smallest absolute Gasteiger partial charge is 0.166 e. The number of anilines is 1.